The molecule has 0 aliphatic carbocycles. The molecule has 22 nitrogen and oxygen atoms in total. The second-order valence-electron chi connectivity index (χ2n) is 24.3. The number of carbonyl (C=O) groups is 1. The molecule has 5 aromatic carbocycles. The summed E-state index contributed by atoms with van der Waals surface area (Å²) in [4.78, 5) is 42.0. The van der Waals surface area contributed by atoms with Crippen LogP contribution in [0.1, 0.15) is 21.5 Å². The summed E-state index contributed by atoms with van der Waals surface area (Å²) in [7, 11) is 0. The molecule has 10 rings (SSSR count). The van der Waals surface area contributed by atoms with Crippen molar-refractivity contribution in [1.29, 1.82) is 0 Å². The van der Waals surface area contributed by atoms with Crippen LogP contribution >= 0.6 is 0 Å². The van der Waals surface area contributed by atoms with Crippen LogP contribution in [0.15, 0.2) is 42.5 Å². The van der Waals surface area contributed by atoms with Crippen molar-refractivity contribution in [2.45, 2.75) is 74.1 Å². The fourth-order valence-electron chi connectivity index (χ4n) is 10.4. The molecular weight excluding hydrogens is 1850 g/mol. The molecule has 2 aliphatic heterocycles. The number of halogens is 36. The van der Waals surface area contributed by atoms with E-state index in [4.69, 9.17) is 32.1 Å². The van der Waals surface area contributed by atoms with Gasteiger partial charge in [0.15, 0.2) is 114 Å². The monoisotopic (exact) mass is 1880 g/mol. The van der Waals surface area contributed by atoms with Gasteiger partial charge in [-0.2, -0.15) is 158 Å². The molecule has 0 atom stereocenters. The van der Waals surface area contributed by atoms with E-state index in [9.17, 15) is 163 Å². The van der Waals surface area contributed by atoms with E-state index in [1.807, 2.05) is 0 Å². The molecule has 0 saturated heterocycles. The molecular formula is C65H32F36N8O14V. The number of ether oxygens (including phenoxy) is 12. The number of fused-ring (bicyclic) bond motifs is 20. The Hall–Kier alpha value is -11.8. The summed E-state index contributed by atoms with van der Waals surface area (Å²) in [6.45, 7) is -37.3. The van der Waals surface area contributed by atoms with E-state index < -0.39 is 318 Å². The van der Waals surface area contributed by atoms with Gasteiger partial charge in [-0.1, -0.05) is 30.0 Å². The number of hydrogen-bond acceptors (Lipinski definition) is 20. The van der Waals surface area contributed by atoms with Crippen molar-refractivity contribution in [3.8, 4) is 126 Å². The van der Waals surface area contributed by atoms with E-state index in [1.165, 1.54) is 24.3 Å². The number of hydrogen-bond donors (Lipinski definition) is 0. The predicted molar refractivity (Wildman–Crippen MR) is 331 cm³/mol. The number of aromatic nitrogens is 8. The summed E-state index contributed by atoms with van der Waals surface area (Å²) in [5.41, 5.74) is -15.9. The SMILES string of the molecule is O=Cc1ccc(C#Cc2ccc3c4nc5nc(nc6[n-]c(nc7nc(nc([n-]4)c3c2)-c2c(OCC(F)(F)F)c(OCC(F)(F)F)c(OCC(F)(F)F)c(OCC(F)(F)F)c2-7)c2c(OCC(F)(F)F)c(OCC(F)(F)F)c(OCC(F)(F)F)c(OCC(F)(F)F)c62)-c2c(OCC(F)(F)F)c(OCC(F)(F)F)c(OCC(F)(F)F)c(OCC(F)(F)F)c2-5)cc1.[O]=[V+2]. The molecule has 8 bridgehead atoms. The Morgan fingerprint density at radius 1 is 0.258 bits per heavy atom. The zero-order chi connectivity index (χ0) is 92.6. The Bertz CT molecular complexity index is 5530. The van der Waals surface area contributed by atoms with Crippen LogP contribution < -0.4 is 66.8 Å². The van der Waals surface area contributed by atoms with Gasteiger partial charge in [-0.15, -0.1) is 0 Å². The number of carbonyl (C=O) groups excluding carboxylic acids is 1. The Morgan fingerprint density at radius 2 is 0.460 bits per heavy atom. The fourth-order valence-corrected chi connectivity index (χ4v) is 10.4. The molecule has 0 unspecified atom stereocenters. The van der Waals surface area contributed by atoms with E-state index in [1.54, 1.807) is 0 Å². The van der Waals surface area contributed by atoms with Crippen LogP contribution in [-0.4, -0.2) is 190 Å². The molecule has 0 fully saturated rings. The van der Waals surface area contributed by atoms with Gasteiger partial charge < -0.3 is 86.7 Å². The quantitative estimate of drug-likeness (QED) is 0.0293. The molecule has 0 N–H and O–H groups in total. The van der Waals surface area contributed by atoms with Crippen molar-refractivity contribution >= 4 is 50.4 Å². The first-order chi connectivity index (χ1) is 56.9. The van der Waals surface area contributed by atoms with Crippen LogP contribution in [0.4, 0.5) is 158 Å². The molecule has 0 saturated carbocycles. The normalized spacial score (nSPS) is 13.1. The maximum atomic E-state index is 14.8. The van der Waals surface area contributed by atoms with Crippen molar-refractivity contribution in [3.63, 3.8) is 0 Å². The summed E-state index contributed by atoms with van der Waals surface area (Å²) in [6, 6.07) is 7.05. The Morgan fingerprint density at radius 3 is 0.710 bits per heavy atom. The first kappa shape index (κ1) is 96.0. The maximum absolute atomic E-state index is 14.8. The number of alkyl halides is 36. The first-order valence-corrected chi connectivity index (χ1v) is 32.6. The zero-order valence-electron chi connectivity index (χ0n) is 59.0. The van der Waals surface area contributed by atoms with Gasteiger partial charge in [0.1, 0.15) is 6.29 Å². The molecule has 0 amide bonds. The molecule has 8 aromatic rings. The van der Waals surface area contributed by atoms with Gasteiger partial charge in [-0.3, -0.25) is 4.79 Å². The van der Waals surface area contributed by atoms with Gasteiger partial charge in [0.25, 0.3) is 0 Å². The minimum atomic E-state index is -6.11. The predicted octanol–water partition coefficient (Wildman–Crippen LogP) is 18.5. The molecule has 5 heterocycles. The summed E-state index contributed by atoms with van der Waals surface area (Å²) >= 11 is 1.06. The Labute approximate surface area is 668 Å². The Balaban J connectivity index is 0.00000865. The standard InChI is InChI=1S/C65H33F36N8O13.O.V/c66-54(67,68)11-111-34-28-30(36(113-13-56(72,73)74)42(119-19-62(90,91)92)40(34)117-17-60(84,85)86)50-105-48(28)103-46-26-8-7-24(4-1-23-2-5-25(10-110)6-3-23)9-27(26)47(102-46)104-49-29-31(37(114-14-57(75,76)77)43(120-20-63(93,94)95)41(118-18-61(87,88)89)35(29)112-12-55(69,70)71)51(106-49)108-53-33-32(52(107-50)109-53)38(115-15-58(78,79)80)44(121-21-64(96,97)98)45(122-22-65(99,100)101)39(33)116-16-59(81,82)83;;/h2-3,5-10H,11-22H2,(H-,102,103,104,105,106,107,108,109,110);;/q-1;;+2/p-1. The van der Waals surface area contributed by atoms with Crippen molar-refractivity contribution in [2.75, 3.05) is 79.3 Å². The van der Waals surface area contributed by atoms with Crippen LogP contribution in [0, 0.1) is 11.8 Å². The topological polar surface area (TPSA) is 250 Å². The molecule has 0 radical (unpaired) electrons. The van der Waals surface area contributed by atoms with E-state index in [-0.39, 0.29) is 11.1 Å². The van der Waals surface area contributed by atoms with Crippen LogP contribution in [-0.2, 0) is 21.0 Å². The van der Waals surface area contributed by atoms with Gasteiger partial charge in [0.05, 0.1) is 45.6 Å². The second kappa shape index (κ2) is 35.4. The first-order valence-electron chi connectivity index (χ1n) is 32.1. The molecule has 673 valence electrons. The zero-order valence-corrected chi connectivity index (χ0v) is 60.3. The fraction of sp³-hybridized carbons (Fsp3) is 0.369. The number of rotatable bonds is 25. The van der Waals surface area contributed by atoms with Crippen LogP contribution in [0.25, 0.3) is 89.7 Å². The molecule has 3 aromatic heterocycles. The van der Waals surface area contributed by atoms with Crippen molar-refractivity contribution in [2.24, 2.45) is 0 Å². The number of nitrogens with zero attached hydrogens (tertiary/aromatic N) is 8. The summed E-state index contributed by atoms with van der Waals surface area (Å²) in [5.74, 6) is -32.5. The van der Waals surface area contributed by atoms with Gasteiger partial charge in [-0.05, 0) is 35.0 Å². The van der Waals surface area contributed by atoms with Gasteiger partial charge in [0, 0.05) is 50.1 Å². The van der Waals surface area contributed by atoms with E-state index in [2.05, 4.69) is 80.1 Å². The van der Waals surface area contributed by atoms with Crippen LogP contribution in [0.3, 0.4) is 0 Å². The summed E-state index contributed by atoms with van der Waals surface area (Å²) < 4.78 is 589. The summed E-state index contributed by atoms with van der Waals surface area (Å²) in [5, 5.41) is -6.27. The Kier molecular flexibility index (Phi) is 27.4. The van der Waals surface area contributed by atoms with E-state index >= 15 is 0 Å². The summed E-state index contributed by atoms with van der Waals surface area (Å²) in [6.07, 6.45) is -71.8. The molecule has 0 spiro atoms. The second-order valence-corrected chi connectivity index (χ2v) is 24.3. The minimum absolute atomic E-state index is 0.0124. The van der Waals surface area contributed by atoms with Gasteiger partial charge in [-0.25, -0.2) is 9.97 Å². The number of aldehydes is 1. The van der Waals surface area contributed by atoms with E-state index in [0.29, 0.717) is 6.29 Å². The molecule has 2 aliphatic rings. The molecule has 59 heteroatoms. The number of benzene rings is 5. The molecule has 124 heavy (non-hydrogen) atoms. The average Bonchev–Trinajstić information content (AvgIpc) is 1.55. The third-order valence-electron chi connectivity index (χ3n) is 14.5. The third-order valence-corrected chi connectivity index (χ3v) is 14.5. The van der Waals surface area contributed by atoms with Crippen LogP contribution in [0.2, 0.25) is 0 Å². The van der Waals surface area contributed by atoms with Crippen LogP contribution in [0.5, 0.6) is 69.0 Å². The van der Waals surface area contributed by atoms with Crippen molar-refractivity contribution in [3.05, 3.63) is 59.2 Å². The van der Waals surface area contributed by atoms with E-state index in [0.717, 1.165) is 35.6 Å². The van der Waals surface area contributed by atoms with Crippen molar-refractivity contribution in [1.82, 2.24) is 39.9 Å². The average molecular weight is 1880 g/mol. The van der Waals surface area contributed by atoms with Gasteiger partial charge >= 0.3 is 95.2 Å². The van der Waals surface area contributed by atoms with Gasteiger partial charge in [0.2, 0.25) is 34.5 Å². The van der Waals surface area contributed by atoms with Crippen molar-refractivity contribution < 1.29 is 241 Å². The third kappa shape index (κ3) is 25.7.